The van der Waals surface area contributed by atoms with Crippen LogP contribution in [0, 0.1) is 29.5 Å². The second-order valence-corrected chi connectivity index (χ2v) is 12.4. The number of carbonyl (C=O) groups is 3. The third-order valence-corrected chi connectivity index (χ3v) is 9.92. The van der Waals surface area contributed by atoms with Crippen molar-refractivity contribution in [2.75, 3.05) is 11.9 Å². The Hall–Kier alpha value is -3.23. The molecule has 2 aromatic rings. The van der Waals surface area contributed by atoms with Gasteiger partial charge in [-0.25, -0.2) is 4.39 Å². The number of fused-ring (bicyclic) bond motifs is 1. The van der Waals surface area contributed by atoms with Gasteiger partial charge in [0.05, 0.1) is 23.0 Å². The van der Waals surface area contributed by atoms with Crippen molar-refractivity contribution in [3.63, 3.8) is 0 Å². The molecule has 1 spiro atoms. The first kappa shape index (κ1) is 27.9. The maximum atomic E-state index is 14.2. The zero-order chi connectivity index (χ0) is 28.9. The molecule has 2 aromatic carbocycles. The Bertz CT molecular complexity index is 1390. The lowest BCUT2D eigenvalue weighted by Crippen LogP contribution is -2.58. The fraction of sp³-hybridized carbons (Fsp3) is 0.469. The van der Waals surface area contributed by atoms with Gasteiger partial charge in [0.2, 0.25) is 17.7 Å². The Labute approximate surface area is 244 Å². The van der Waals surface area contributed by atoms with Gasteiger partial charge in [0.1, 0.15) is 17.5 Å². The van der Waals surface area contributed by atoms with E-state index in [2.05, 4.69) is 24.5 Å². The molecule has 4 aliphatic rings. The van der Waals surface area contributed by atoms with Gasteiger partial charge in [0.25, 0.3) is 0 Å². The molecule has 1 saturated carbocycles. The summed E-state index contributed by atoms with van der Waals surface area (Å²) in [5.74, 6) is -2.43. The molecule has 216 valence electrons. The van der Waals surface area contributed by atoms with Crippen LogP contribution in [0.15, 0.2) is 60.7 Å². The van der Waals surface area contributed by atoms with Crippen LogP contribution in [-0.2, 0) is 25.5 Å². The topological polar surface area (TPSA) is 87.7 Å². The number of benzene rings is 2. The predicted octanol–water partition coefficient (Wildman–Crippen LogP) is 4.75. The van der Waals surface area contributed by atoms with Gasteiger partial charge >= 0.3 is 0 Å². The van der Waals surface area contributed by atoms with E-state index in [-0.39, 0.29) is 22.9 Å². The summed E-state index contributed by atoms with van der Waals surface area (Å²) in [6, 6.07) is 12.9. The second-order valence-electron chi connectivity index (χ2n) is 12.0. The van der Waals surface area contributed by atoms with Gasteiger partial charge in [-0.05, 0) is 48.4 Å². The van der Waals surface area contributed by atoms with Gasteiger partial charge in [0, 0.05) is 18.3 Å². The van der Waals surface area contributed by atoms with Crippen molar-refractivity contribution in [1.29, 1.82) is 0 Å². The molecule has 3 amide bonds. The van der Waals surface area contributed by atoms with Crippen molar-refractivity contribution in [2.45, 2.75) is 63.3 Å². The van der Waals surface area contributed by atoms with E-state index in [0.717, 1.165) is 24.8 Å². The molecule has 9 heteroatoms. The number of anilines is 1. The highest BCUT2D eigenvalue weighted by molar-refractivity contribution is 6.31. The summed E-state index contributed by atoms with van der Waals surface area (Å²) in [6.45, 7) is 4.70. The number of hydrogen-bond donors (Lipinski definition) is 2. The van der Waals surface area contributed by atoms with Crippen molar-refractivity contribution >= 4 is 35.0 Å². The lowest BCUT2D eigenvalue weighted by molar-refractivity contribution is -0.141. The number of halogens is 2. The van der Waals surface area contributed by atoms with E-state index in [0.29, 0.717) is 30.5 Å². The summed E-state index contributed by atoms with van der Waals surface area (Å²) in [4.78, 5) is 43.5. The van der Waals surface area contributed by atoms with Crippen molar-refractivity contribution in [2.24, 2.45) is 23.7 Å². The average Bonchev–Trinajstić information content (AvgIpc) is 3.60. The minimum absolute atomic E-state index is 0.0117. The van der Waals surface area contributed by atoms with Crippen molar-refractivity contribution < 1.29 is 23.5 Å². The first-order chi connectivity index (χ1) is 19.7. The Morgan fingerprint density at radius 1 is 1.12 bits per heavy atom. The van der Waals surface area contributed by atoms with Crippen LogP contribution in [0.1, 0.15) is 38.7 Å². The average molecular weight is 580 g/mol. The SMILES string of the molecule is CC1CCCC(NC(=O)C2N(CCc3ccccc3)C(=O)C3C(C(=O)Nc4ccc(F)c(Cl)c4)C4C=CC32O4)C1C. The van der Waals surface area contributed by atoms with Crippen LogP contribution >= 0.6 is 11.6 Å². The number of nitrogens with zero attached hydrogens (tertiary/aromatic N) is 1. The van der Waals surface area contributed by atoms with Crippen LogP contribution in [-0.4, -0.2) is 53.0 Å². The molecule has 41 heavy (non-hydrogen) atoms. The van der Waals surface area contributed by atoms with Crippen LogP contribution in [0.5, 0.6) is 0 Å². The molecule has 3 fully saturated rings. The molecule has 2 saturated heterocycles. The van der Waals surface area contributed by atoms with E-state index in [4.69, 9.17) is 16.3 Å². The number of rotatable bonds is 7. The Morgan fingerprint density at radius 2 is 1.90 bits per heavy atom. The second kappa shape index (κ2) is 10.9. The van der Waals surface area contributed by atoms with E-state index in [1.807, 2.05) is 36.4 Å². The van der Waals surface area contributed by atoms with Crippen molar-refractivity contribution in [3.05, 3.63) is 77.1 Å². The minimum Gasteiger partial charge on any atom is -0.359 e. The normalized spacial score (nSPS) is 33.6. The van der Waals surface area contributed by atoms with Crippen LogP contribution < -0.4 is 10.6 Å². The molecule has 2 bridgehead atoms. The lowest BCUT2D eigenvalue weighted by atomic mass is 9.73. The number of likely N-dealkylation sites (tertiary alicyclic amines) is 1. The van der Waals surface area contributed by atoms with Crippen LogP contribution in [0.25, 0.3) is 0 Å². The molecule has 3 heterocycles. The third kappa shape index (κ3) is 4.85. The molecule has 3 aliphatic heterocycles. The van der Waals surface area contributed by atoms with E-state index in [9.17, 15) is 18.8 Å². The maximum absolute atomic E-state index is 14.2. The molecule has 2 N–H and O–H groups in total. The number of ether oxygens (including phenoxy) is 1. The van der Waals surface area contributed by atoms with Gasteiger partial charge in [-0.1, -0.05) is 80.8 Å². The van der Waals surface area contributed by atoms with Crippen LogP contribution in [0.3, 0.4) is 0 Å². The molecule has 1 aliphatic carbocycles. The first-order valence-corrected chi connectivity index (χ1v) is 14.9. The largest absolute Gasteiger partial charge is 0.359 e. The van der Waals surface area contributed by atoms with E-state index < -0.39 is 41.3 Å². The monoisotopic (exact) mass is 579 g/mol. The fourth-order valence-corrected chi connectivity index (χ4v) is 7.43. The number of carbonyl (C=O) groups excluding carboxylic acids is 3. The van der Waals surface area contributed by atoms with E-state index in [1.54, 1.807) is 11.0 Å². The maximum Gasteiger partial charge on any atom is 0.246 e. The molecule has 6 rings (SSSR count). The van der Waals surface area contributed by atoms with Gasteiger partial charge in [-0.2, -0.15) is 0 Å². The molecule has 0 aromatic heterocycles. The molecule has 8 atom stereocenters. The summed E-state index contributed by atoms with van der Waals surface area (Å²) in [5.41, 5.74) is 0.129. The summed E-state index contributed by atoms with van der Waals surface area (Å²) >= 11 is 5.92. The number of nitrogens with one attached hydrogen (secondary N) is 2. The Balaban J connectivity index is 1.30. The van der Waals surface area contributed by atoms with Crippen molar-refractivity contribution in [1.82, 2.24) is 10.2 Å². The van der Waals surface area contributed by atoms with Crippen LogP contribution in [0.4, 0.5) is 10.1 Å². The summed E-state index contributed by atoms with van der Waals surface area (Å²) in [7, 11) is 0. The Kier molecular flexibility index (Phi) is 7.41. The summed E-state index contributed by atoms with van der Waals surface area (Å²) < 4.78 is 20.1. The molecule has 7 nitrogen and oxygen atoms in total. The van der Waals surface area contributed by atoms with Gasteiger partial charge < -0.3 is 20.3 Å². The standard InChI is InChI=1S/C32H35ClFN3O4/c1-18-7-6-10-24(19(18)2)36-30(39)28-32-15-13-25(41-32)26(29(38)35-21-11-12-23(34)22(33)17-21)27(32)31(40)37(28)16-14-20-8-4-3-5-9-20/h3-5,8-9,11-13,15,17-19,24-28H,6-7,10,14,16H2,1-2H3,(H,35,38)(H,36,39). The van der Waals surface area contributed by atoms with Gasteiger partial charge in [-0.15, -0.1) is 0 Å². The number of amides is 3. The zero-order valence-electron chi connectivity index (χ0n) is 23.2. The quantitative estimate of drug-likeness (QED) is 0.463. The molecular formula is C32H35ClFN3O4. The minimum atomic E-state index is -1.24. The molecule has 8 unspecified atom stereocenters. The molecular weight excluding hydrogens is 545 g/mol. The Morgan fingerprint density at radius 3 is 2.66 bits per heavy atom. The highest BCUT2D eigenvalue weighted by Gasteiger charge is 2.72. The lowest BCUT2D eigenvalue weighted by Gasteiger charge is -2.38. The third-order valence-electron chi connectivity index (χ3n) is 9.63. The fourth-order valence-electron chi connectivity index (χ4n) is 7.25. The highest BCUT2D eigenvalue weighted by Crippen LogP contribution is 2.55. The van der Waals surface area contributed by atoms with Crippen molar-refractivity contribution in [3.8, 4) is 0 Å². The summed E-state index contributed by atoms with van der Waals surface area (Å²) in [6.07, 6.45) is 6.58. The summed E-state index contributed by atoms with van der Waals surface area (Å²) in [5, 5.41) is 5.95. The van der Waals surface area contributed by atoms with Gasteiger partial charge in [0.15, 0.2) is 0 Å². The van der Waals surface area contributed by atoms with E-state index >= 15 is 0 Å². The smallest absolute Gasteiger partial charge is 0.246 e. The first-order valence-electron chi connectivity index (χ1n) is 14.5. The van der Waals surface area contributed by atoms with Crippen LogP contribution in [0.2, 0.25) is 5.02 Å². The molecule has 0 radical (unpaired) electrons. The zero-order valence-corrected chi connectivity index (χ0v) is 23.9. The van der Waals surface area contributed by atoms with Gasteiger partial charge in [-0.3, -0.25) is 14.4 Å². The number of hydrogen-bond acceptors (Lipinski definition) is 4. The predicted molar refractivity (Wildman–Crippen MR) is 154 cm³/mol. The highest BCUT2D eigenvalue weighted by atomic mass is 35.5. The van der Waals surface area contributed by atoms with E-state index in [1.165, 1.54) is 18.2 Å².